The standard InChI is InChI=1S/C14H19NO3/c1-16-13-8-10(14-9-15-6-7-17-14)2-5-12(13)18-11-3-4-11/h2,5,8,11,14-15H,3-4,6-7,9H2,1H3. The number of rotatable bonds is 4. The molecule has 1 saturated carbocycles. The maximum Gasteiger partial charge on any atom is 0.161 e. The van der Waals surface area contributed by atoms with Crippen molar-refractivity contribution >= 4 is 0 Å². The number of nitrogens with one attached hydrogen (secondary N) is 1. The first-order chi connectivity index (χ1) is 8.86. The van der Waals surface area contributed by atoms with E-state index >= 15 is 0 Å². The summed E-state index contributed by atoms with van der Waals surface area (Å²) in [5.74, 6) is 1.64. The van der Waals surface area contributed by atoms with E-state index in [1.54, 1.807) is 7.11 Å². The van der Waals surface area contributed by atoms with Crippen molar-refractivity contribution in [3.8, 4) is 11.5 Å². The number of hydrogen-bond donors (Lipinski definition) is 1. The third-order valence-electron chi connectivity index (χ3n) is 3.31. The van der Waals surface area contributed by atoms with E-state index in [-0.39, 0.29) is 6.10 Å². The summed E-state index contributed by atoms with van der Waals surface area (Å²) in [6.07, 6.45) is 2.81. The topological polar surface area (TPSA) is 39.7 Å². The third kappa shape index (κ3) is 2.60. The van der Waals surface area contributed by atoms with Gasteiger partial charge in [0.05, 0.1) is 25.9 Å². The van der Waals surface area contributed by atoms with Crippen LogP contribution in [-0.4, -0.2) is 32.9 Å². The van der Waals surface area contributed by atoms with Gasteiger partial charge in [0.2, 0.25) is 0 Å². The molecule has 1 atom stereocenters. The number of morpholine rings is 1. The monoisotopic (exact) mass is 249 g/mol. The molecule has 0 amide bonds. The Kier molecular flexibility index (Phi) is 3.39. The summed E-state index contributed by atoms with van der Waals surface area (Å²) in [6, 6.07) is 6.08. The van der Waals surface area contributed by atoms with Gasteiger partial charge in [0.15, 0.2) is 11.5 Å². The first-order valence-corrected chi connectivity index (χ1v) is 6.54. The fourth-order valence-electron chi connectivity index (χ4n) is 2.13. The maximum atomic E-state index is 5.81. The fraction of sp³-hybridized carbons (Fsp3) is 0.571. The lowest BCUT2D eigenvalue weighted by Crippen LogP contribution is -2.33. The zero-order valence-electron chi connectivity index (χ0n) is 10.6. The van der Waals surface area contributed by atoms with E-state index in [1.165, 1.54) is 0 Å². The molecule has 1 aliphatic carbocycles. The van der Waals surface area contributed by atoms with E-state index in [0.717, 1.165) is 49.6 Å². The van der Waals surface area contributed by atoms with Gasteiger partial charge in [0.25, 0.3) is 0 Å². The van der Waals surface area contributed by atoms with Crippen molar-refractivity contribution in [1.29, 1.82) is 0 Å². The molecular weight excluding hydrogens is 230 g/mol. The van der Waals surface area contributed by atoms with Gasteiger partial charge in [-0.2, -0.15) is 0 Å². The van der Waals surface area contributed by atoms with E-state index in [0.29, 0.717) is 6.10 Å². The molecule has 0 aromatic heterocycles. The Morgan fingerprint density at radius 3 is 2.83 bits per heavy atom. The highest BCUT2D eigenvalue weighted by atomic mass is 16.5. The molecule has 1 aromatic carbocycles. The van der Waals surface area contributed by atoms with Gasteiger partial charge in [-0.15, -0.1) is 0 Å². The predicted octanol–water partition coefficient (Wildman–Crippen LogP) is 1.90. The highest BCUT2D eigenvalue weighted by Gasteiger charge is 2.25. The van der Waals surface area contributed by atoms with Crippen molar-refractivity contribution in [2.45, 2.75) is 25.0 Å². The van der Waals surface area contributed by atoms with Crippen LogP contribution < -0.4 is 14.8 Å². The number of hydrogen-bond acceptors (Lipinski definition) is 4. The Hall–Kier alpha value is -1.26. The molecule has 3 rings (SSSR count). The number of ether oxygens (including phenoxy) is 3. The minimum Gasteiger partial charge on any atom is -0.493 e. The largest absolute Gasteiger partial charge is 0.493 e. The summed E-state index contributed by atoms with van der Waals surface area (Å²) in [5, 5.41) is 3.33. The molecule has 18 heavy (non-hydrogen) atoms. The average Bonchev–Trinajstić information content (AvgIpc) is 3.24. The molecule has 1 heterocycles. The summed E-state index contributed by atoms with van der Waals surface area (Å²) in [6.45, 7) is 2.54. The van der Waals surface area contributed by atoms with Crippen LogP contribution in [0.3, 0.4) is 0 Å². The van der Waals surface area contributed by atoms with Crippen LogP contribution in [0.4, 0.5) is 0 Å². The quantitative estimate of drug-likeness (QED) is 0.884. The Morgan fingerprint density at radius 2 is 2.17 bits per heavy atom. The van der Waals surface area contributed by atoms with Gasteiger partial charge in [-0.05, 0) is 30.5 Å². The summed E-state index contributed by atoms with van der Waals surface area (Å²) in [4.78, 5) is 0. The first-order valence-electron chi connectivity index (χ1n) is 6.54. The lowest BCUT2D eigenvalue weighted by molar-refractivity contribution is 0.0275. The second kappa shape index (κ2) is 5.16. The minimum absolute atomic E-state index is 0.114. The van der Waals surface area contributed by atoms with Gasteiger partial charge >= 0.3 is 0 Å². The Labute approximate surface area is 107 Å². The van der Waals surface area contributed by atoms with E-state index in [4.69, 9.17) is 14.2 Å². The fourth-order valence-corrected chi connectivity index (χ4v) is 2.13. The summed E-state index contributed by atoms with van der Waals surface area (Å²) in [7, 11) is 1.68. The molecule has 2 aliphatic rings. The lowest BCUT2D eigenvalue weighted by Gasteiger charge is -2.24. The van der Waals surface area contributed by atoms with Gasteiger partial charge < -0.3 is 19.5 Å². The molecule has 98 valence electrons. The van der Waals surface area contributed by atoms with Crippen molar-refractivity contribution in [2.24, 2.45) is 0 Å². The van der Waals surface area contributed by atoms with Crippen LogP contribution in [0, 0.1) is 0 Å². The van der Waals surface area contributed by atoms with Crippen molar-refractivity contribution < 1.29 is 14.2 Å². The van der Waals surface area contributed by atoms with Gasteiger partial charge in [-0.1, -0.05) is 6.07 Å². The van der Waals surface area contributed by atoms with Crippen molar-refractivity contribution in [2.75, 3.05) is 26.8 Å². The molecule has 0 radical (unpaired) electrons. The molecule has 1 aromatic rings. The predicted molar refractivity (Wildman–Crippen MR) is 68.2 cm³/mol. The zero-order chi connectivity index (χ0) is 12.4. The summed E-state index contributed by atoms with van der Waals surface area (Å²) in [5.41, 5.74) is 1.14. The average molecular weight is 249 g/mol. The number of methoxy groups -OCH3 is 1. The molecule has 1 unspecified atom stereocenters. The second-order valence-electron chi connectivity index (χ2n) is 4.79. The van der Waals surface area contributed by atoms with Crippen LogP contribution >= 0.6 is 0 Å². The molecule has 1 saturated heterocycles. The van der Waals surface area contributed by atoms with Gasteiger partial charge in [0, 0.05) is 13.1 Å². The van der Waals surface area contributed by atoms with Gasteiger partial charge in [0.1, 0.15) is 0 Å². The van der Waals surface area contributed by atoms with Crippen molar-refractivity contribution in [3.05, 3.63) is 23.8 Å². The van der Waals surface area contributed by atoms with Crippen LogP contribution in [0.25, 0.3) is 0 Å². The van der Waals surface area contributed by atoms with Gasteiger partial charge in [-0.3, -0.25) is 0 Å². The molecule has 0 spiro atoms. The zero-order valence-corrected chi connectivity index (χ0v) is 10.6. The van der Waals surface area contributed by atoms with Crippen molar-refractivity contribution in [1.82, 2.24) is 5.32 Å². The van der Waals surface area contributed by atoms with Crippen LogP contribution in [0.5, 0.6) is 11.5 Å². The van der Waals surface area contributed by atoms with Crippen molar-refractivity contribution in [3.63, 3.8) is 0 Å². The highest BCUT2D eigenvalue weighted by Crippen LogP contribution is 2.35. The number of benzene rings is 1. The van der Waals surface area contributed by atoms with Crippen LogP contribution in [-0.2, 0) is 4.74 Å². The molecule has 0 bridgehead atoms. The van der Waals surface area contributed by atoms with E-state index in [1.807, 2.05) is 12.1 Å². The summed E-state index contributed by atoms with van der Waals surface area (Å²) < 4.78 is 17.0. The van der Waals surface area contributed by atoms with E-state index in [9.17, 15) is 0 Å². The Bertz CT molecular complexity index is 412. The molecule has 1 N–H and O–H groups in total. The Balaban J connectivity index is 1.78. The smallest absolute Gasteiger partial charge is 0.161 e. The second-order valence-corrected chi connectivity index (χ2v) is 4.79. The normalized spacial score (nSPS) is 23.7. The van der Waals surface area contributed by atoms with Crippen LogP contribution in [0.2, 0.25) is 0 Å². The lowest BCUT2D eigenvalue weighted by atomic mass is 10.1. The van der Waals surface area contributed by atoms with E-state index < -0.39 is 0 Å². The van der Waals surface area contributed by atoms with Gasteiger partial charge in [-0.25, -0.2) is 0 Å². The van der Waals surface area contributed by atoms with Crippen LogP contribution in [0.15, 0.2) is 18.2 Å². The SMILES string of the molecule is COc1cc(C2CNCCO2)ccc1OC1CC1. The molecular formula is C14H19NO3. The third-order valence-corrected chi connectivity index (χ3v) is 3.31. The van der Waals surface area contributed by atoms with Crippen LogP contribution in [0.1, 0.15) is 24.5 Å². The minimum atomic E-state index is 0.114. The molecule has 4 heteroatoms. The molecule has 2 fully saturated rings. The first kappa shape index (κ1) is 11.8. The Morgan fingerprint density at radius 1 is 1.28 bits per heavy atom. The maximum absolute atomic E-state index is 5.81. The highest BCUT2D eigenvalue weighted by molar-refractivity contribution is 5.44. The molecule has 1 aliphatic heterocycles. The van der Waals surface area contributed by atoms with E-state index in [2.05, 4.69) is 11.4 Å². The summed E-state index contributed by atoms with van der Waals surface area (Å²) >= 11 is 0. The molecule has 4 nitrogen and oxygen atoms in total.